The molecule has 0 saturated carbocycles. The second-order valence-corrected chi connectivity index (χ2v) is 6.11. The van der Waals surface area contributed by atoms with Gasteiger partial charge in [-0.3, -0.25) is 19.3 Å². The molecule has 7 heteroatoms. The Kier molecular flexibility index (Phi) is 5.68. The van der Waals surface area contributed by atoms with E-state index in [1.165, 1.54) is 4.68 Å². The minimum atomic E-state index is -0.618. The summed E-state index contributed by atoms with van der Waals surface area (Å²) < 4.78 is 1.50. The quantitative estimate of drug-likeness (QED) is 0.838. The van der Waals surface area contributed by atoms with E-state index in [1.54, 1.807) is 32.4 Å². The summed E-state index contributed by atoms with van der Waals surface area (Å²) in [6, 6.07) is 4.75. The molecule has 0 radical (unpaired) electrons. The van der Waals surface area contributed by atoms with E-state index in [4.69, 9.17) is 0 Å². The van der Waals surface area contributed by atoms with Crippen molar-refractivity contribution < 1.29 is 9.59 Å². The third kappa shape index (κ3) is 4.41. The molecule has 1 atom stereocenters. The monoisotopic (exact) mass is 329 g/mol. The topological polar surface area (TPSA) is 88.9 Å². The van der Waals surface area contributed by atoms with Gasteiger partial charge in [0.05, 0.1) is 5.69 Å². The Morgan fingerprint density at radius 2 is 2.04 bits per heavy atom. The van der Waals surface area contributed by atoms with Crippen molar-refractivity contribution in [3.63, 3.8) is 0 Å². The maximum atomic E-state index is 12.4. The molecular weight excluding hydrogens is 306 g/mol. The van der Waals surface area contributed by atoms with Crippen molar-refractivity contribution in [2.75, 3.05) is 6.54 Å². The van der Waals surface area contributed by atoms with Gasteiger partial charge < -0.3 is 10.6 Å². The van der Waals surface area contributed by atoms with E-state index >= 15 is 0 Å². The predicted molar refractivity (Wildman–Crippen MR) is 91.2 cm³/mol. The smallest absolute Gasteiger partial charge is 0.270 e. The number of hydrogen-bond donors (Lipinski definition) is 2. The average Bonchev–Trinajstić information content (AvgIpc) is 2.95. The minimum absolute atomic E-state index is 0.202. The first-order valence-electron chi connectivity index (χ1n) is 7.91. The van der Waals surface area contributed by atoms with Gasteiger partial charge in [0.25, 0.3) is 5.91 Å². The molecule has 2 aromatic rings. The number of nitrogens with one attached hydrogen (secondary N) is 2. The summed E-state index contributed by atoms with van der Waals surface area (Å²) in [5.74, 6) is -0.185. The Hall–Kier alpha value is -2.70. The molecule has 0 spiro atoms. The van der Waals surface area contributed by atoms with E-state index in [0.29, 0.717) is 23.9 Å². The summed E-state index contributed by atoms with van der Waals surface area (Å²) >= 11 is 0. The molecule has 0 aliphatic carbocycles. The van der Waals surface area contributed by atoms with E-state index in [9.17, 15) is 9.59 Å². The summed E-state index contributed by atoms with van der Waals surface area (Å²) in [6.07, 6.45) is 3.36. The van der Waals surface area contributed by atoms with Crippen LogP contribution in [0.3, 0.4) is 0 Å². The van der Waals surface area contributed by atoms with Gasteiger partial charge >= 0.3 is 0 Å². The third-order valence-corrected chi connectivity index (χ3v) is 3.50. The van der Waals surface area contributed by atoms with Gasteiger partial charge in [-0.1, -0.05) is 13.8 Å². The first kappa shape index (κ1) is 17.7. The van der Waals surface area contributed by atoms with Crippen LogP contribution in [0, 0.1) is 5.92 Å². The second kappa shape index (κ2) is 7.72. The molecule has 2 rings (SSSR count). The Morgan fingerprint density at radius 1 is 1.29 bits per heavy atom. The molecule has 2 N–H and O–H groups in total. The average molecular weight is 329 g/mol. The zero-order chi connectivity index (χ0) is 17.7. The summed E-state index contributed by atoms with van der Waals surface area (Å²) in [5.41, 5.74) is 1.87. The van der Waals surface area contributed by atoms with Crippen molar-refractivity contribution >= 4 is 11.8 Å². The molecule has 0 aliphatic rings. The van der Waals surface area contributed by atoms with Crippen LogP contribution < -0.4 is 10.6 Å². The maximum Gasteiger partial charge on any atom is 0.270 e. The molecule has 0 fully saturated rings. The van der Waals surface area contributed by atoms with Gasteiger partial charge in [-0.2, -0.15) is 5.10 Å². The number of rotatable bonds is 6. The fourth-order valence-corrected chi connectivity index (χ4v) is 2.13. The zero-order valence-electron chi connectivity index (χ0n) is 14.4. The molecule has 0 aliphatic heterocycles. The number of hydrogen-bond acceptors (Lipinski definition) is 4. The number of amides is 2. The van der Waals surface area contributed by atoms with Crippen LogP contribution in [0.1, 0.15) is 31.3 Å². The van der Waals surface area contributed by atoms with Crippen LogP contribution >= 0.6 is 0 Å². The van der Waals surface area contributed by atoms with Crippen LogP contribution in [0.25, 0.3) is 11.3 Å². The standard InChI is InChI=1S/C17H23N5O2/c1-11(2)9-19-16(23)12(3)20-17(24)15-8-14(21-22(15)4)13-6-5-7-18-10-13/h5-8,10-12H,9H2,1-4H3,(H,19,23)(H,20,24). The fraction of sp³-hybridized carbons (Fsp3) is 0.412. The molecule has 2 amide bonds. The van der Waals surface area contributed by atoms with Crippen LogP contribution in [0.4, 0.5) is 0 Å². The Balaban J connectivity index is 2.05. The highest BCUT2D eigenvalue weighted by Gasteiger charge is 2.20. The summed E-state index contributed by atoms with van der Waals surface area (Å²) in [5, 5.41) is 9.83. The summed E-state index contributed by atoms with van der Waals surface area (Å²) in [7, 11) is 1.69. The van der Waals surface area contributed by atoms with Crippen LogP contribution in [0.5, 0.6) is 0 Å². The second-order valence-electron chi connectivity index (χ2n) is 6.11. The van der Waals surface area contributed by atoms with Gasteiger partial charge in [-0.05, 0) is 31.0 Å². The first-order valence-corrected chi connectivity index (χ1v) is 7.91. The largest absolute Gasteiger partial charge is 0.354 e. The highest BCUT2D eigenvalue weighted by molar-refractivity contribution is 5.97. The number of pyridine rings is 1. The van der Waals surface area contributed by atoms with Crippen molar-refractivity contribution in [2.45, 2.75) is 26.8 Å². The Morgan fingerprint density at radius 3 is 2.67 bits per heavy atom. The molecule has 1 unspecified atom stereocenters. The third-order valence-electron chi connectivity index (χ3n) is 3.50. The Labute approximate surface area is 141 Å². The fourth-order valence-electron chi connectivity index (χ4n) is 2.13. The molecule has 2 heterocycles. The van der Waals surface area contributed by atoms with Crippen molar-refractivity contribution in [1.82, 2.24) is 25.4 Å². The van der Waals surface area contributed by atoms with Crippen molar-refractivity contribution in [3.8, 4) is 11.3 Å². The minimum Gasteiger partial charge on any atom is -0.354 e. The Bertz CT molecular complexity index is 709. The van der Waals surface area contributed by atoms with Gasteiger partial charge in [0.1, 0.15) is 11.7 Å². The molecule has 0 saturated heterocycles. The van der Waals surface area contributed by atoms with Gasteiger partial charge in [-0.15, -0.1) is 0 Å². The highest BCUT2D eigenvalue weighted by Crippen LogP contribution is 2.17. The number of aromatic nitrogens is 3. The van der Waals surface area contributed by atoms with Gasteiger partial charge in [-0.25, -0.2) is 0 Å². The van der Waals surface area contributed by atoms with E-state index in [-0.39, 0.29) is 11.8 Å². The molecule has 2 aromatic heterocycles. The predicted octanol–water partition coefficient (Wildman–Crippen LogP) is 1.37. The first-order chi connectivity index (χ1) is 11.4. The van der Waals surface area contributed by atoms with E-state index < -0.39 is 6.04 Å². The molecular formula is C17H23N5O2. The highest BCUT2D eigenvalue weighted by atomic mass is 16.2. The van der Waals surface area contributed by atoms with E-state index in [2.05, 4.69) is 20.7 Å². The van der Waals surface area contributed by atoms with E-state index in [0.717, 1.165) is 5.56 Å². The molecule has 0 aromatic carbocycles. The van der Waals surface area contributed by atoms with Crippen LogP contribution in [-0.2, 0) is 11.8 Å². The summed E-state index contributed by atoms with van der Waals surface area (Å²) in [6.45, 7) is 6.26. The number of aryl methyl sites for hydroxylation is 1. The SMILES string of the molecule is CC(C)CNC(=O)C(C)NC(=O)c1cc(-c2cccnc2)nn1C. The van der Waals surface area contributed by atoms with Gasteiger partial charge in [0.15, 0.2) is 0 Å². The van der Waals surface area contributed by atoms with Gasteiger partial charge in [0.2, 0.25) is 5.91 Å². The van der Waals surface area contributed by atoms with Crippen LogP contribution in [-0.4, -0.2) is 39.2 Å². The number of carbonyl (C=O) groups is 2. The van der Waals surface area contributed by atoms with Crippen LogP contribution in [0.15, 0.2) is 30.6 Å². The number of nitrogens with zero attached hydrogens (tertiary/aromatic N) is 3. The molecule has 128 valence electrons. The van der Waals surface area contributed by atoms with Crippen molar-refractivity contribution in [2.24, 2.45) is 13.0 Å². The van der Waals surface area contributed by atoms with Crippen LogP contribution in [0.2, 0.25) is 0 Å². The lowest BCUT2D eigenvalue weighted by Crippen LogP contribution is -2.46. The lowest BCUT2D eigenvalue weighted by atomic mass is 10.2. The lowest BCUT2D eigenvalue weighted by molar-refractivity contribution is -0.122. The number of carbonyl (C=O) groups excluding carboxylic acids is 2. The van der Waals surface area contributed by atoms with E-state index in [1.807, 2.05) is 26.0 Å². The molecule has 0 bridgehead atoms. The normalized spacial score (nSPS) is 12.0. The summed E-state index contributed by atoms with van der Waals surface area (Å²) in [4.78, 5) is 28.4. The molecule has 7 nitrogen and oxygen atoms in total. The maximum absolute atomic E-state index is 12.4. The zero-order valence-corrected chi connectivity index (χ0v) is 14.4. The lowest BCUT2D eigenvalue weighted by Gasteiger charge is -2.15. The van der Waals surface area contributed by atoms with Crippen molar-refractivity contribution in [1.29, 1.82) is 0 Å². The van der Waals surface area contributed by atoms with Gasteiger partial charge in [0, 0.05) is 31.5 Å². The van der Waals surface area contributed by atoms with Crippen molar-refractivity contribution in [3.05, 3.63) is 36.3 Å². The molecule has 24 heavy (non-hydrogen) atoms.